The largest absolute Gasteiger partial charge is 0.285 e. The fourth-order valence-electron chi connectivity index (χ4n) is 3.05. The van der Waals surface area contributed by atoms with Crippen LogP contribution in [0, 0.1) is 5.92 Å². The second-order valence-corrected chi connectivity index (χ2v) is 8.43. The fourth-order valence-corrected chi connectivity index (χ4v) is 4.26. The van der Waals surface area contributed by atoms with Gasteiger partial charge in [-0.3, -0.25) is 4.55 Å². The lowest BCUT2D eigenvalue weighted by molar-refractivity contribution is 0.374. The predicted molar refractivity (Wildman–Crippen MR) is 95.8 cm³/mol. The zero-order valence-electron chi connectivity index (χ0n) is 14.8. The van der Waals surface area contributed by atoms with Gasteiger partial charge in [-0.2, -0.15) is 8.42 Å². The molecule has 1 unspecified atom stereocenters. The van der Waals surface area contributed by atoms with Crippen LogP contribution in [0.1, 0.15) is 91.4 Å². The maximum atomic E-state index is 11.7. The topological polar surface area (TPSA) is 54.4 Å². The van der Waals surface area contributed by atoms with E-state index in [1.54, 1.807) is 0 Å². The van der Waals surface area contributed by atoms with Crippen LogP contribution >= 0.6 is 0 Å². The molecule has 0 aromatic carbocycles. The van der Waals surface area contributed by atoms with Crippen molar-refractivity contribution in [1.29, 1.82) is 0 Å². The van der Waals surface area contributed by atoms with E-state index in [2.05, 4.69) is 13.5 Å². The van der Waals surface area contributed by atoms with Crippen LogP contribution in [-0.2, 0) is 10.1 Å². The summed E-state index contributed by atoms with van der Waals surface area (Å²) in [6.45, 7) is 9.53. The molecule has 0 aliphatic rings. The Hall–Kier alpha value is -0.350. The summed E-state index contributed by atoms with van der Waals surface area (Å²) in [5.74, 6) is -0.168. The first kappa shape index (κ1) is 21.6. The van der Waals surface area contributed by atoms with Crippen molar-refractivity contribution in [3.05, 3.63) is 12.7 Å². The Morgan fingerprint density at radius 1 is 0.955 bits per heavy atom. The van der Waals surface area contributed by atoms with E-state index in [4.69, 9.17) is 0 Å². The van der Waals surface area contributed by atoms with Crippen LogP contribution in [0.3, 0.4) is 0 Å². The monoisotopic (exact) mass is 332 g/mol. The van der Waals surface area contributed by atoms with Crippen LogP contribution in [0.25, 0.3) is 0 Å². The first-order valence-electron chi connectivity index (χ1n) is 8.92. The molecule has 0 heterocycles. The van der Waals surface area contributed by atoms with Crippen molar-refractivity contribution >= 4 is 10.1 Å². The Labute approximate surface area is 138 Å². The SMILES string of the molecule is C=CC(CCCCCCCCCCCC)(C(C)C)S(=O)(=O)O. The minimum atomic E-state index is -4.10. The third-order valence-electron chi connectivity index (χ3n) is 4.72. The molecule has 0 saturated carbocycles. The highest BCUT2D eigenvalue weighted by molar-refractivity contribution is 7.87. The molecular formula is C18H36O3S. The molecular weight excluding hydrogens is 296 g/mol. The molecule has 0 saturated heterocycles. The second kappa shape index (κ2) is 11.2. The fraction of sp³-hybridized carbons (Fsp3) is 0.889. The molecule has 0 amide bonds. The van der Waals surface area contributed by atoms with E-state index in [0.29, 0.717) is 6.42 Å². The van der Waals surface area contributed by atoms with Crippen molar-refractivity contribution < 1.29 is 13.0 Å². The van der Waals surface area contributed by atoms with E-state index in [1.807, 2.05) is 13.8 Å². The average Bonchev–Trinajstić information content (AvgIpc) is 2.43. The van der Waals surface area contributed by atoms with Gasteiger partial charge in [-0.25, -0.2) is 0 Å². The third-order valence-corrected chi connectivity index (χ3v) is 6.53. The highest BCUT2D eigenvalue weighted by Gasteiger charge is 2.42. The van der Waals surface area contributed by atoms with Gasteiger partial charge < -0.3 is 0 Å². The highest BCUT2D eigenvalue weighted by Crippen LogP contribution is 2.33. The quantitative estimate of drug-likeness (QED) is 0.250. The lowest BCUT2D eigenvalue weighted by Gasteiger charge is -2.31. The van der Waals surface area contributed by atoms with Gasteiger partial charge in [0, 0.05) is 0 Å². The molecule has 0 aliphatic carbocycles. The average molecular weight is 333 g/mol. The van der Waals surface area contributed by atoms with Crippen LogP contribution in [-0.4, -0.2) is 17.7 Å². The molecule has 0 radical (unpaired) electrons. The molecule has 0 aromatic heterocycles. The van der Waals surface area contributed by atoms with E-state index in [-0.39, 0.29) is 5.92 Å². The Bertz CT molecular complexity index is 387. The van der Waals surface area contributed by atoms with Gasteiger partial charge in [0.2, 0.25) is 0 Å². The van der Waals surface area contributed by atoms with Gasteiger partial charge in [0.1, 0.15) is 4.75 Å². The number of rotatable bonds is 14. The van der Waals surface area contributed by atoms with E-state index < -0.39 is 14.9 Å². The first-order valence-corrected chi connectivity index (χ1v) is 10.4. The molecule has 0 rings (SSSR count). The molecule has 132 valence electrons. The summed E-state index contributed by atoms with van der Waals surface area (Å²) in [4.78, 5) is 0. The Morgan fingerprint density at radius 2 is 1.36 bits per heavy atom. The van der Waals surface area contributed by atoms with Crippen molar-refractivity contribution in [1.82, 2.24) is 0 Å². The third kappa shape index (κ3) is 7.28. The lowest BCUT2D eigenvalue weighted by Crippen LogP contribution is -2.41. The lowest BCUT2D eigenvalue weighted by atomic mass is 9.89. The van der Waals surface area contributed by atoms with Gasteiger partial charge >= 0.3 is 0 Å². The summed E-state index contributed by atoms with van der Waals surface area (Å²) < 4.78 is 31.8. The molecule has 4 heteroatoms. The van der Waals surface area contributed by atoms with Gasteiger partial charge in [0.25, 0.3) is 10.1 Å². The summed E-state index contributed by atoms with van der Waals surface area (Å²) in [5.41, 5.74) is 0. The number of hydrogen-bond acceptors (Lipinski definition) is 2. The summed E-state index contributed by atoms with van der Waals surface area (Å²) in [6, 6.07) is 0. The molecule has 0 aromatic rings. The predicted octanol–water partition coefficient (Wildman–Crippen LogP) is 5.77. The molecule has 0 spiro atoms. The molecule has 22 heavy (non-hydrogen) atoms. The second-order valence-electron chi connectivity index (χ2n) is 6.72. The Balaban J connectivity index is 3.95. The summed E-state index contributed by atoms with van der Waals surface area (Å²) in [5, 5.41) is 0. The van der Waals surface area contributed by atoms with E-state index in [0.717, 1.165) is 19.3 Å². The summed E-state index contributed by atoms with van der Waals surface area (Å²) >= 11 is 0. The van der Waals surface area contributed by atoms with Crippen LogP contribution < -0.4 is 0 Å². The Kier molecular flexibility index (Phi) is 11.0. The smallest absolute Gasteiger partial charge is 0.274 e. The Morgan fingerprint density at radius 3 is 1.68 bits per heavy atom. The first-order chi connectivity index (χ1) is 10.3. The minimum absolute atomic E-state index is 0.168. The highest BCUT2D eigenvalue weighted by atomic mass is 32.2. The maximum absolute atomic E-state index is 11.7. The summed E-state index contributed by atoms with van der Waals surface area (Å²) in [6.07, 6.45) is 14.0. The number of unbranched alkanes of at least 4 members (excludes halogenated alkanes) is 9. The normalized spacial score (nSPS) is 15.0. The van der Waals surface area contributed by atoms with Crippen LogP contribution in [0.5, 0.6) is 0 Å². The zero-order chi connectivity index (χ0) is 17.1. The van der Waals surface area contributed by atoms with Gasteiger partial charge in [-0.1, -0.05) is 91.1 Å². The van der Waals surface area contributed by atoms with Crippen molar-refractivity contribution in [3.8, 4) is 0 Å². The van der Waals surface area contributed by atoms with E-state index in [9.17, 15) is 13.0 Å². The maximum Gasteiger partial charge on any atom is 0.274 e. The molecule has 1 atom stereocenters. The van der Waals surface area contributed by atoms with Crippen LogP contribution in [0.15, 0.2) is 12.7 Å². The van der Waals surface area contributed by atoms with Crippen molar-refractivity contribution in [2.24, 2.45) is 5.92 Å². The minimum Gasteiger partial charge on any atom is -0.285 e. The van der Waals surface area contributed by atoms with E-state index in [1.165, 1.54) is 51.0 Å². The standard InChI is InChI=1S/C18H36O3S/c1-5-7-8-9-10-11-12-13-14-15-16-18(6-2,17(3)4)22(19,20)21/h6,17H,2,5,7-16H2,1,3-4H3,(H,19,20,21). The van der Waals surface area contributed by atoms with Crippen molar-refractivity contribution in [2.45, 2.75) is 96.1 Å². The van der Waals surface area contributed by atoms with Gasteiger partial charge in [-0.05, 0) is 12.3 Å². The van der Waals surface area contributed by atoms with Gasteiger partial charge in [0.15, 0.2) is 0 Å². The van der Waals surface area contributed by atoms with Crippen LogP contribution in [0.4, 0.5) is 0 Å². The van der Waals surface area contributed by atoms with Crippen LogP contribution in [0.2, 0.25) is 0 Å². The zero-order valence-corrected chi connectivity index (χ0v) is 15.6. The van der Waals surface area contributed by atoms with Gasteiger partial charge in [-0.15, -0.1) is 6.58 Å². The molecule has 0 fully saturated rings. The van der Waals surface area contributed by atoms with Gasteiger partial charge in [0.05, 0.1) is 0 Å². The summed E-state index contributed by atoms with van der Waals surface area (Å²) in [7, 11) is -4.10. The van der Waals surface area contributed by atoms with Crippen molar-refractivity contribution in [2.75, 3.05) is 0 Å². The molecule has 0 aliphatic heterocycles. The molecule has 3 nitrogen and oxygen atoms in total. The van der Waals surface area contributed by atoms with E-state index >= 15 is 0 Å². The number of hydrogen-bond donors (Lipinski definition) is 1. The molecule has 0 bridgehead atoms. The molecule has 1 N–H and O–H groups in total. The van der Waals surface area contributed by atoms with Crippen molar-refractivity contribution in [3.63, 3.8) is 0 Å².